The summed E-state index contributed by atoms with van der Waals surface area (Å²) in [6.07, 6.45) is 60.6. The smallest absolute Gasteiger partial charge is 0.462 e. The summed E-state index contributed by atoms with van der Waals surface area (Å²) in [5.74, 6) is -1.26. The van der Waals surface area contributed by atoms with Crippen LogP contribution in [0.4, 0.5) is 0 Å². The molecule has 0 aromatic rings. The lowest BCUT2D eigenvalue weighted by Gasteiger charge is -2.21. The lowest BCUT2D eigenvalue weighted by Crippen LogP contribution is -2.30. The summed E-state index contributed by atoms with van der Waals surface area (Å²) in [4.78, 5) is 72.3. The highest BCUT2D eigenvalue weighted by atomic mass is 31.2. The van der Waals surface area contributed by atoms with Crippen LogP contribution < -0.4 is 0 Å². The van der Waals surface area contributed by atoms with Gasteiger partial charge in [-0.25, -0.2) is 9.13 Å². The molecule has 96 heavy (non-hydrogen) atoms. The largest absolute Gasteiger partial charge is 0.472 e. The van der Waals surface area contributed by atoms with Crippen LogP contribution in [-0.2, 0) is 65.4 Å². The zero-order valence-electron chi connectivity index (χ0n) is 62.5. The molecule has 0 fully saturated rings. The molecule has 0 aliphatic carbocycles. The molecule has 19 heteroatoms. The predicted molar refractivity (Wildman–Crippen MR) is 391 cm³/mol. The Morgan fingerprint density at radius 2 is 0.500 bits per heavy atom. The van der Waals surface area contributed by atoms with Crippen molar-refractivity contribution in [3.05, 3.63) is 0 Å². The minimum absolute atomic E-state index is 0.103. The Morgan fingerprint density at radius 1 is 0.292 bits per heavy atom. The van der Waals surface area contributed by atoms with Crippen LogP contribution in [0.5, 0.6) is 0 Å². The SMILES string of the molecule is CCCCCCCCCCCCCCCCCCCCCCCCC(=O)OC[C@H](COP(=O)(O)OC[C@@H](O)COP(=O)(O)OC[C@@H](COC(=O)CCCCCCC)OC(=O)CCCCCCCCC)OC(=O)CCCCCCCCCCCCCCCCCCCCC(C)CC. The van der Waals surface area contributed by atoms with E-state index >= 15 is 0 Å². The average Bonchev–Trinajstić information content (AvgIpc) is 1.14. The Bertz CT molecular complexity index is 1840. The third-order valence-electron chi connectivity index (χ3n) is 18.4. The van der Waals surface area contributed by atoms with E-state index < -0.39 is 97.5 Å². The van der Waals surface area contributed by atoms with Gasteiger partial charge in [-0.05, 0) is 31.6 Å². The highest BCUT2D eigenvalue weighted by molar-refractivity contribution is 7.47. The van der Waals surface area contributed by atoms with Crippen LogP contribution in [0, 0.1) is 5.92 Å². The standard InChI is InChI=1S/C77H150O17P2/c1-6-10-13-16-18-19-20-21-22-23-24-25-26-27-31-34-37-40-43-47-51-56-61-75(80)88-67-73(94-77(82)63-58-53-48-44-41-38-35-32-29-28-30-33-36-39-42-46-50-54-59-70(5)9-4)69-92-96(85,86)90-65-71(78)64-89-95(83,84)91-68-72(66-87-74(79)60-55-49-15-12-8-3)93-76(81)62-57-52-45-17-14-11-7-2/h70-73,78H,6-69H2,1-5H3,(H,83,84)(H,85,86)/t70?,71-,72+,73+/m0/s1. The van der Waals surface area contributed by atoms with Gasteiger partial charge in [-0.1, -0.05) is 356 Å². The Balaban J connectivity index is 5.03. The fraction of sp³-hybridized carbons (Fsp3) is 0.948. The Hall–Kier alpha value is -1.94. The van der Waals surface area contributed by atoms with Gasteiger partial charge in [-0.15, -0.1) is 0 Å². The molecule has 0 aliphatic rings. The van der Waals surface area contributed by atoms with Gasteiger partial charge in [-0.3, -0.25) is 37.3 Å². The molecule has 0 spiro atoms. The molecule has 0 saturated heterocycles. The van der Waals surface area contributed by atoms with Crippen LogP contribution in [0.15, 0.2) is 0 Å². The van der Waals surface area contributed by atoms with Gasteiger partial charge in [0.15, 0.2) is 12.2 Å². The first-order valence-electron chi connectivity index (χ1n) is 40.2. The summed E-state index contributed by atoms with van der Waals surface area (Å²) in [7, 11) is -9.89. The van der Waals surface area contributed by atoms with Gasteiger partial charge >= 0.3 is 39.5 Å². The first kappa shape index (κ1) is 94.1. The predicted octanol–water partition coefficient (Wildman–Crippen LogP) is 22.9. The van der Waals surface area contributed by atoms with Crippen LogP contribution in [0.2, 0.25) is 0 Å². The second-order valence-electron chi connectivity index (χ2n) is 28.0. The summed E-state index contributed by atoms with van der Waals surface area (Å²) in [6, 6.07) is 0. The third-order valence-corrected chi connectivity index (χ3v) is 20.3. The van der Waals surface area contributed by atoms with E-state index in [1.807, 2.05) is 0 Å². The third kappa shape index (κ3) is 69.2. The van der Waals surface area contributed by atoms with Crippen molar-refractivity contribution in [1.82, 2.24) is 0 Å². The summed E-state index contributed by atoms with van der Waals surface area (Å²) in [5, 5.41) is 10.6. The van der Waals surface area contributed by atoms with E-state index in [4.69, 9.17) is 37.0 Å². The van der Waals surface area contributed by atoms with Crippen molar-refractivity contribution in [2.45, 2.75) is 425 Å². The van der Waals surface area contributed by atoms with E-state index in [1.165, 1.54) is 212 Å². The maximum Gasteiger partial charge on any atom is 0.472 e. The van der Waals surface area contributed by atoms with Crippen molar-refractivity contribution < 1.29 is 80.2 Å². The van der Waals surface area contributed by atoms with Gasteiger partial charge in [-0.2, -0.15) is 0 Å². The van der Waals surface area contributed by atoms with Crippen molar-refractivity contribution in [2.75, 3.05) is 39.6 Å². The maximum absolute atomic E-state index is 13.1. The first-order chi connectivity index (χ1) is 46.6. The Labute approximate surface area is 588 Å². The average molecular weight is 1410 g/mol. The number of ether oxygens (including phenoxy) is 4. The van der Waals surface area contributed by atoms with Gasteiger partial charge in [0.2, 0.25) is 0 Å². The zero-order chi connectivity index (χ0) is 70.5. The number of aliphatic hydroxyl groups is 1. The molecule has 0 aromatic heterocycles. The van der Waals surface area contributed by atoms with Crippen molar-refractivity contribution in [3.63, 3.8) is 0 Å². The number of unbranched alkanes of at least 4 members (excludes halogenated alkanes) is 48. The fourth-order valence-electron chi connectivity index (χ4n) is 11.8. The monoisotopic (exact) mass is 1410 g/mol. The summed E-state index contributed by atoms with van der Waals surface area (Å²) >= 11 is 0. The number of phosphoric ester groups is 2. The number of carbonyl (C=O) groups excluding carboxylic acids is 4. The van der Waals surface area contributed by atoms with Crippen LogP contribution in [0.25, 0.3) is 0 Å². The van der Waals surface area contributed by atoms with E-state index in [9.17, 15) is 43.2 Å². The molecule has 3 unspecified atom stereocenters. The fourth-order valence-corrected chi connectivity index (χ4v) is 13.4. The lowest BCUT2D eigenvalue weighted by atomic mass is 9.99. The number of aliphatic hydroxyl groups excluding tert-OH is 1. The van der Waals surface area contributed by atoms with Gasteiger partial charge in [0.1, 0.15) is 19.3 Å². The Kier molecular flexibility index (Phi) is 68.7. The van der Waals surface area contributed by atoms with Crippen LogP contribution in [-0.4, -0.2) is 96.7 Å². The highest BCUT2D eigenvalue weighted by Gasteiger charge is 2.30. The van der Waals surface area contributed by atoms with Crippen LogP contribution in [0.1, 0.15) is 407 Å². The molecule has 6 atom stereocenters. The zero-order valence-corrected chi connectivity index (χ0v) is 64.3. The quantitative estimate of drug-likeness (QED) is 0.0222. The van der Waals surface area contributed by atoms with E-state index in [0.717, 1.165) is 115 Å². The molecule has 570 valence electrons. The number of hydrogen-bond donors (Lipinski definition) is 3. The van der Waals surface area contributed by atoms with Crippen molar-refractivity contribution >= 4 is 39.5 Å². The highest BCUT2D eigenvalue weighted by Crippen LogP contribution is 2.45. The number of esters is 4. The minimum atomic E-state index is -4.95. The van der Waals surface area contributed by atoms with E-state index in [0.29, 0.717) is 25.7 Å². The number of phosphoric acid groups is 2. The first-order valence-corrected chi connectivity index (χ1v) is 43.2. The second kappa shape index (κ2) is 70.1. The second-order valence-corrected chi connectivity index (χ2v) is 30.9. The molecule has 3 N–H and O–H groups in total. The summed E-state index contributed by atoms with van der Waals surface area (Å²) in [5.41, 5.74) is 0. The molecule has 0 bridgehead atoms. The maximum atomic E-state index is 13.1. The number of rotatable bonds is 77. The van der Waals surface area contributed by atoms with Gasteiger partial charge in [0, 0.05) is 25.7 Å². The molecule has 0 amide bonds. The molecular formula is C77H150O17P2. The van der Waals surface area contributed by atoms with E-state index in [2.05, 4.69) is 34.6 Å². The molecule has 0 radical (unpaired) electrons. The molecule has 17 nitrogen and oxygen atoms in total. The molecular weight excluding hydrogens is 1260 g/mol. The molecule has 0 aliphatic heterocycles. The van der Waals surface area contributed by atoms with Crippen molar-refractivity contribution in [2.24, 2.45) is 5.92 Å². The molecule has 0 aromatic carbocycles. The lowest BCUT2D eigenvalue weighted by molar-refractivity contribution is -0.161. The van der Waals surface area contributed by atoms with Crippen LogP contribution in [0.3, 0.4) is 0 Å². The minimum Gasteiger partial charge on any atom is -0.462 e. The van der Waals surface area contributed by atoms with Crippen molar-refractivity contribution in [3.8, 4) is 0 Å². The molecule has 0 saturated carbocycles. The summed E-state index contributed by atoms with van der Waals surface area (Å²) in [6.45, 7) is 7.21. The van der Waals surface area contributed by atoms with Gasteiger partial charge < -0.3 is 33.8 Å². The van der Waals surface area contributed by atoms with E-state index in [-0.39, 0.29) is 25.7 Å². The Morgan fingerprint density at radius 3 is 0.740 bits per heavy atom. The normalized spacial score (nSPS) is 14.2. The van der Waals surface area contributed by atoms with Crippen LogP contribution >= 0.6 is 15.6 Å². The van der Waals surface area contributed by atoms with Crippen molar-refractivity contribution in [1.29, 1.82) is 0 Å². The molecule has 0 heterocycles. The molecule has 0 rings (SSSR count). The number of carbonyl (C=O) groups is 4. The van der Waals surface area contributed by atoms with E-state index in [1.54, 1.807) is 0 Å². The summed E-state index contributed by atoms with van der Waals surface area (Å²) < 4.78 is 68.1. The van der Waals surface area contributed by atoms with Gasteiger partial charge in [0.05, 0.1) is 26.4 Å². The topological polar surface area (TPSA) is 237 Å². The number of hydrogen-bond acceptors (Lipinski definition) is 15. The van der Waals surface area contributed by atoms with Gasteiger partial charge in [0.25, 0.3) is 0 Å².